The van der Waals surface area contributed by atoms with E-state index in [1.54, 1.807) is 24.4 Å². The first-order valence-corrected chi connectivity index (χ1v) is 9.36. The van der Waals surface area contributed by atoms with Crippen molar-refractivity contribution >= 4 is 15.6 Å². The van der Waals surface area contributed by atoms with E-state index in [-0.39, 0.29) is 23.2 Å². The van der Waals surface area contributed by atoms with Crippen LogP contribution in [0.15, 0.2) is 24.0 Å². The predicted molar refractivity (Wildman–Crippen MR) is 87.5 cm³/mol. The summed E-state index contributed by atoms with van der Waals surface area (Å²) in [6, 6.07) is 7.28. The number of allylic oxidation sites excluding steroid dienone is 2. The minimum Gasteiger partial charge on any atom is -0.351 e. The van der Waals surface area contributed by atoms with Gasteiger partial charge in [-0.25, -0.2) is 13.1 Å². The SMILES string of the molecule is CS(=O)(=O)NC1CCC(n2ccc(C(C#N)=C(C#N)C#N)c2)CC1. The van der Waals surface area contributed by atoms with Crippen LogP contribution in [0.2, 0.25) is 0 Å². The van der Waals surface area contributed by atoms with E-state index in [4.69, 9.17) is 10.5 Å². The van der Waals surface area contributed by atoms with E-state index in [1.807, 2.05) is 16.8 Å². The van der Waals surface area contributed by atoms with Gasteiger partial charge in [0.05, 0.1) is 11.8 Å². The summed E-state index contributed by atoms with van der Waals surface area (Å²) in [6.07, 6.45) is 7.87. The van der Waals surface area contributed by atoms with Crippen LogP contribution < -0.4 is 4.72 Å². The van der Waals surface area contributed by atoms with Crippen LogP contribution in [-0.4, -0.2) is 25.3 Å². The molecule has 2 rings (SSSR count). The summed E-state index contributed by atoms with van der Waals surface area (Å²) in [7, 11) is -3.19. The summed E-state index contributed by atoms with van der Waals surface area (Å²) < 4.78 is 27.2. The number of nitrogens with one attached hydrogen (secondary N) is 1. The highest BCUT2D eigenvalue weighted by Gasteiger charge is 2.24. The molecule has 0 bridgehead atoms. The molecule has 7 nitrogen and oxygen atoms in total. The molecule has 0 aromatic carbocycles. The largest absolute Gasteiger partial charge is 0.351 e. The average Bonchev–Trinajstić information content (AvgIpc) is 3.01. The maximum Gasteiger partial charge on any atom is 0.208 e. The van der Waals surface area contributed by atoms with Crippen molar-refractivity contribution in [2.75, 3.05) is 6.26 Å². The molecule has 0 saturated heterocycles. The van der Waals surface area contributed by atoms with E-state index >= 15 is 0 Å². The molecule has 1 fully saturated rings. The van der Waals surface area contributed by atoms with Gasteiger partial charge in [0.15, 0.2) is 0 Å². The molecule has 0 amide bonds. The molecule has 1 aromatic rings. The Morgan fingerprint density at radius 2 is 1.79 bits per heavy atom. The summed E-state index contributed by atoms with van der Waals surface area (Å²) in [5.74, 6) is 0. The highest BCUT2D eigenvalue weighted by molar-refractivity contribution is 7.88. The fraction of sp³-hybridized carbons (Fsp3) is 0.438. The van der Waals surface area contributed by atoms with Crippen LogP contribution in [-0.2, 0) is 10.0 Å². The van der Waals surface area contributed by atoms with E-state index in [0.29, 0.717) is 5.56 Å². The Balaban J connectivity index is 2.11. The number of nitrogens with zero attached hydrogens (tertiary/aromatic N) is 4. The van der Waals surface area contributed by atoms with Gasteiger partial charge in [0, 0.05) is 30.0 Å². The Labute approximate surface area is 141 Å². The van der Waals surface area contributed by atoms with Gasteiger partial charge < -0.3 is 4.57 Å². The minimum atomic E-state index is -3.19. The third-order valence-electron chi connectivity index (χ3n) is 4.09. The highest BCUT2D eigenvalue weighted by Crippen LogP contribution is 2.30. The van der Waals surface area contributed by atoms with Gasteiger partial charge in [-0.2, -0.15) is 15.8 Å². The molecule has 0 atom stereocenters. The van der Waals surface area contributed by atoms with Crippen molar-refractivity contribution in [1.82, 2.24) is 9.29 Å². The molecular weight excluding hydrogens is 326 g/mol. The van der Waals surface area contributed by atoms with Gasteiger partial charge in [-0.05, 0) is 31.7 Å². The van der Waals surface area contributed by atoms with Crippen LogP contribution in [0.4, 0.5) is 0 Å². The van der Waals surface area contributed by atoms with E-state index in [0.717, 1.165) is 31.9 Å². The Hall–Kier alpha value is -2.60. The lowest BCUT2D eigenvalue weighted by Gasteiger charge is -2.29. The van der Waals surface area contributed by atoms with Crippen LogP contribution in [0, 0.1) is 34.0 Å². The average molecular weight is 343 g/mol. The van der Waals surface area contributed by atoms with E-state index in [9.17, 15) is 13.7 Å². The molecule has 0 unspecified atom stereocenters. The monoisotopic (exact) mass is 343 g/mol. The van der Waals surface area contributed by atoms with Gasteiger partial charge in [0.1, 0.15) is 23.8 Å². The van der Waals surface area contributed by atoms with Crippen LogP contribution >= 0.6 is 0 Å². The Morgan fingerprint density at radius 1 is 1.17 bits per heavy atom. The first-order valence-electron chi connectivity index (χ1n) is 7.47. The molecule has 1 saturated carbocycles. The zero-order valence-corrected chi connectivity index (χ0v) is 14.0. The van der Waals surface area contributed by atoms with E-state index in [2.05, 4.69) is 4.72 Å². The molecule has 0 aliphatic heterocycles. The smallest absolute Gasteiger partial charge is 0.208 e. The summed E-state index contributed by atoms with van der Waals surface area (Å²) in [5, 5.41) is 27.0. The number of hydrogen-bond donors (Lipinski definition) is 1. The quantitative estimate of drug-likeness (QED) is 0.836. The third-order valence-corrected chi connectivity index (χ3v) is 4.85. The van der Waals surface area contributed by atoms with Crippen LogP contribution in [0.3, 0.4) is 0 Å². The first kappa shape index (κ1) is 17.7. The third kappa shape index (κ3) is 4.23. The zero-order chi connectivity index (χ0) is 17.7. The highest BCUT2D eigenvalue weighted by atomic mass is 32.2. The number of sulfonamides is 1. The van der Waals surface area contributed by atoms with Crippen molar-refractivity contribution in [1.29, 1.82) is 15.8 Å². The maximum atomic E-state index is 11.3. The van der Waals surface area contributed by atoms with Crippen molar-refractivity contribution in [2.45, 2.75) is 37.8 Å². The van der Waals surface area contributed by atoms with Crippen molar-refractivity contribution < 1.29 is 8.42 Å². The Morgan fingerprint density at radius 3 is 2.29 bits per heavy atom. The van der Waals surface area contributed by atoms with Gasteiger partial charge in [-0.15, -0.1) is 0 Å². The molecule has 1 aliphatic rings. The predicted octanol–water partition coefficient (Wildman–Crippen LogP) is 1.85. The molecule has 124 valence electrons. The molecule has 1 aromatic heterocycles. The Bertz CT molecular complexity index is 853. The molecule has 24 heavy (non-hydrogen) atoms. The lowest BCUT2D eigenvalue weighted by Crippen LogP contribution is -2.37. The summed E-state index contributed by atoms with van der Waals surface area (Å²) in [4.78, 5) is 0. The van der Waals surface area contributed by atoms with Crippen LogP contribution in [0.5, 0.6) is 0 Å². The molecule has 8 heteroatoms. The fourth-order valence-corrected chi connectivity index (χ4v) is 3.83. The number of hydrogen-bond acceptors (Lipinski definition) is 5. The lowest BCUT2D eigenvalue weighted by molar-refractivity contribution is 0.312. The molecule has 1 aliphatic carbocycles. The summed E-state index contributed by atoms with van der Waals surface area (Å²) >= 11 is 0. The summed E-state index contributed by atoms with van der Waals surface area (Å²) in [5.41, 5.74) is 0.425. The molecule has 1 N–H and O–H groups in total. The first-order chi connectivity index (χ1) is 11.4. The standard InChI is InChI=1S/C16H17N5O2S/c1-24(22,23)20-14-2-4-15(5-3-14)21-7-6-12(11-21)16(10-19)13(8-17)9-18/h6-7,11,14-15,20H,2-5H2,1H3. The van der Waals surface area contributed by atoms with Gasteiger partial charge in [-0.3, -0.25) is 0 Å². The van der Waals surface area contributed by atoms with Gasteiger partial charge in [-0.1, -0.05) is 0 Å². The zero-order valence-electron chi connectivity index (χ0n) is 13.2. The number of rotatable bonds is 4. The van der Waals surface area contributed by atoms with Gasteiger partial charge in [0.25, 0.3) is 0 Å². The number of nitriles is 3. The topological polar surface area (TPSA) is 122 Å². The van der Waals surface area contributed by atoms with Crippen molar-refractivity contribution in [3.8, 4) is 18.2 Å². The second-order valence-corrected chi connectivity index (χ2v) is 7.61. The second kappa shape index (κ2) is 7.31. The van der Waals surface area contributed by atoms with Crippen LogP contribution in [0.1, 0.15) is 37.3 Å². The van der Waals surface area contributed by atoms with Crippen LogP contribution in [0.25, 0.3) is 5.57 Å². The maximum absolute atomic E-state index is 11.3. The van der Waals surface area contributed by atoms with E-state index < -0.39 is 10.0 Å². The van der Waals surface area contributed by atoms with Crippen molar-refractivity contribution in [3.63, 3.8) is 0 Å². The molecular formula is C16H17N5O2S. The van der Waals surface area contributed by atoms with Crippen molar-refractivity contribution in [2.24, 2.45) is 0 Å². The normalized spacial score (nSPS) is 20.4. The van der Waals surface area contributed by atoms with Gasteiger partial charge >= 0.3 is 0 Å². The second-order valence-electron chi connectivity index (χ2n) is 5.83. The Kier molecular flexibility index (Phi) is 5.41. The van der Waals surface area contributed by atoms with Crippen molar-refractivity contribution in [3.05, 3.63) is 29.6 Å². The lowest BCUT2D eigenvalue weighted by atomic mass is 9.92. The fourth-order valence-electron chi connectivity index (χ4n) is 2.98. The number of aromatic nitrogens is 1. The molecule has 1 heterocycles. The molecule has 0 radical (unpaired) electrons. The minimum absolute atomic E-state index is 0.0374. The van der Waals surface area contributed by atoms with E-state index in [1.165, 1.54) is 0 Å². The summed E-state index contributed by atoms with van der Waals surface area (Å²) in [6.45, 7) is 0. The van der Waals surface area contributed by atoms with Gasteiger partial charge in [0.2, 0.25) is 10.0 Å². The molecule has 0 spiro atoms.